The Morgan fingerprint density at radius 1 is 1.11 bits per heavy atom. The molecule has 186 valence electrons. The van der Waals surface area contributed by atoms with E-state index in [4.69, 9.17) is 4.74 Å². The summed E-state index contributed by atoms with van der Waals surface area (Å²) in [5, 5.41) is 11.9. The molecule has 1 aliphatic heterocycles. The van der Waals surface area contributed by atoms with Crippen LogP contribution < -0.4 is 5.32 Å². The van der Waals surface area contributed by atoms with Crippen LogP contribution >= 0.6 is 0 Å². The number of nitrogens with zero attached hydrogens (tertiary/aromatic N) is 1. The van der Waals surface area contributed by atoms with Crippen molar-refractivity contribution < 1.29 is 33.0 Å². The molecule has 2 atom stereocenters. The summed E-state index contributed by atoms with van der Waals surface area (Å²) in [4.78, 5) is 37.4. The van der Waals surface area contributed by atoms with Crippen molar-refractivity contribution in [3.63, 3.8) is 0 Å². The molecule has 7 nitrogen and oxygen atoms in total. The third kappa shape index (κ3) is 5.28. The van der Waals surface area contributed by atoms with Crippen molar-refractivity contribution in [2.75, 3.05) is 13.2 Å². The molecular weight excluding hydrogens is 458 g/mol. The van der Waals surface area contributed by atoms with E-state index >= 15 is 0 Å². The highest BCUT2D eigenvalue weighted by Crippen LogP contribution is 2.44. The predicted molar refractivity (Wildman–Crippen MR) is 124 cm³/mol. The number of carboxylic acids is 1. The quantitative estimate of drug-likeness (QED) is 0.577. The Hall–Kier alpha value is -3.49. The topological polar surface area (TPSA) is 95.9 Å². The summed E-state index contributed by atoms with van der Waals surface area (Å²) in [6.45, 7) is 1.03. The molecule has 2 aliphatic rings. The highest BCUT2D eigenvalue weighted by Gasteiger charge is 2.50. The smallest absolute Gasteiger partial charge is 0.407 e. The monoisotopic (exact) mass is 486 g/mol. The van der Waals surface area contributed by atoms with Gasteiger partial charge in [0.05, 0.1) is 6.54 Å². The van der Waals surface area contributed by atoms with E-state index in [1.165, 1.54) is 0 Å². The molecule has 2 aromatic rings. The van der Waals surface area contributed by atoms with E-state index in [9.17, 15) is 28.3 Å². The maximum Gasteiger partial charge on any atom is 0.407 e. The molecule has 4 rings (SSSR count). The number of carbonyl (C=O) groups excluding carboxylic acids is 2. The number of hydrogen-bond donors (Lipinski definition) is 2. The molecule has 9 heteroatoms. The second-order valence-corrected chi connectivity index (χ2v) is 9.10. The van der Waals surface area contributed by atoms with E-state index in [2.05, 4.69) is 5.32 Å². The lowest BCUT2D eigenvalue weighted by molar-refractivity contribution is -0.148. The van der Waals surface area contributed by atoms with Crippen LogP contribution in [-0.4, -0.2) is 59.1 Å². The van der Waals surface area contributed by atoms with Gasteiger partial charge in [-0.05, 0) is 28.7 Å². The van der Waals surface area contributed by atoms with Gasteiger partial charge in [-0.3, -0.25) is 4.79 Å². The van der Waals surface area contributed by atoms with Gasteiger partial charge in [0.15, 0.2) is 0 Å². The lowest BCUT2D eigenvalue weighted by Gasteiger charge is -2.24. The lowest BCUT2D eigenvalue weighted by Crippen LogP contribution is -2.45. The van der Waals surface area contributed by atoms with Crippen LogP contribution in [0.3, 0.4) is 0 Å². The first-order valence-electron chi connectivity index (χ1n) is 11.7. The number of fused-ring (bicyclic) bond motifs is 3. The van der Waals surface area contributed by atoms with Crippen molar-refractivity contribution in [1.82, 2.24) is 10.2 Å². The number of halogens is 2. The summed E-state index contributed by atoms with van der Waals surface area (Å²) in [5.74, 6) is -5.57. The molecule has 2 N–H and O–H groups in total. The van der Waals surface area contributed by atoms with Crippen molar-refractivity contribution >= 4 is 18.0 Å². The molecule has 2 aromatic carbocycles. The summed E-state index contributed by atoms with van der Waals surface area (Å²) in [7, 11) is 0. The molecule has 0 saturated carbocycles. The van der Waals surface area contributed by atoms with Crippen LogP contribution in [0.5, 0.6) is 0 Å². The fourth-order valence-electron chi connectivity index (χ4n) is 5.01. The minimum atomic E-state index is -3.25. The van der Waals surface area contributed by atoms with Gasteiger partial charge < -0.3 is 20.1 Å². The van der Waals surface area contributed by atoms with Gasteiger partial charge in [0.1, 0.15) is 12.6 Å². The minimum Gasteiger partial charge on any atom is -0.480 e. The number of amides is 2. The number of rotatable bonds is 8. The van der Waals surface area contributed by atoms with Crippen LogP contribution in [0.2, 0.25) is 0 Å². The van der Waals surface area contributed by atoms with E-state index in [0.29, 0.717) is 17.7 Å². The summed E-state index contributed by atoms with van der Waals surface area (Å²) in [6.07, 6.45) is -0.859. The standard InChI is InChI=1S/C26H28F2N2O5/c1-2-7-16(12-23(31)30-15-26(27,28)13-22(30)24(32)33)29-25(34)35-14-21-19-10-5-3-8-17(19)18-9-4-6-11-20(18)21/h3-6,8-11,16,21-22H,2,7,12-15H2,1H3,(H,29,34)(H,32,33)/t16?,22-/m1/s1. The maximum absolute atomic E-state index is 13.8. The molecule has 0 bridgehead atoms. The number of nitrogens with one attached hydrogen (secondary N) is 1. The zero-order chi connectivity index (χ0) is 25.2. The van der Waals surface area contributed by atoms with E-state index in [1.54, 1.807) is 0 Å². The van der Waals surface area contributed by atoms with Gasteiger partial charge in [-0.1, -0.05) is 61.9 Å². The van der Waals surface area contributed by atoms with Crippen LogP contribution in [0.15, 0.2) is 48.5 Å². The zero-order valence-electron chi connectivity index (χ0n) is 19.4. The number of carbonyl (C=O) groups is 3. The summed E-state index contributed by atoms with van der Waals surface area (Å²) in [6, 6.07) is 13.6. The number of hydrogen-bond acceptors (Lipinski definition) is 4. The Balaban J connectivity index is 1.38. The number of benzene rings is 2. The molecule has 1 heterocycles. The van der Waals surface area contributed by atoms with Crippen LogP contribution in [0, 0.1) is 0 Å². The normalized spacial score (nSPS) is 19.1. The Morgan fingerprint density at radius 2 is 1.71 bits per heavy atom. The molecule has 1 unspecified atom stereocenters. The number of ether oxygens (including phenoxy) is 1. The second kappa shape index (κ2) is 10.0. The molecule has 2 amide bonds. The SMILES string of the molecule is CCCC(CC(=O)N1CC(F)(F)C[C@@H]1C(=O)O)NC(=O)OCC1c2ccccc2-c2ccccc21. The van der Waals surface area contributed by atoms with Gasteiger partial charge >= 0.3 is 12.1 Å². The first-order valence-corrected chi connectivity index (χ1v) is 11.7. The number of likely N-dealkylation sites (tertiary alicyclic amines) is 1. The summed E-state index contributed by atoms with van der Waals surface area (Å²) in [5.41, 5.74) is 4.33. The molecule has 1 fully saturated rings. The van der Waals surface area contributed by atoms with Crippen molar-refractivity contribution in [2.45, 2.75) is 56.5 Å². The fraction of sp³-hybridized carbons (Fsp3) is 0.423. The number of alkyl carbamates (subject to hydrolysis) is 1. The van der Waals surface area contributed by atoms with Gasteiger partial charge in [-0.15, -0.1) is 0 Å². The number of alkyl halides is 2. The Morgan fingerprint density at radius 3 is 2.29 bits per heavy atom. The van der Waals surface area contributed by atoms with E-state index in [1.807, 2.05) is 55.5 Å². The first-order chi connectivity index (χ1) is 16.7. The lowest BCUT2D eigenvalue weighted by atomic mass is 9.98. The van der Waals surface area contributed by atoms with Crippen molar-refractivity contribution in [3.8, 4) is 11.1 Å². The second-order valence-electron chi connectivity index (χ2n) is 9.10. The highest BCUT2D eigenvalue weighted by molar-refractivity contribution is 5.85. The van der Waals surface area contributed by atoms with Crippen molar-refractivity contribution in [1.29, 1.82) is 0 Å². The third-order valence-corrected chi connectivity index (χ3v) is 6.60. The van der Waals surface area contributed by atoms with Crippen molar-refractivity contribution in [3.05, 3.63) is 59.7 Å². The van der Waals surface area contributed by atoms with E-state index in [-0.39, 0.29) is 18.9 Å². The Labute approximate surface area is 202 Å². The number of carboxylic acid groups (broad SMARTS) is 1. The van der Waals surface area contributed by atoms with Gasteiger partial charge in [0.2, 0.25) is 5.91 Å². The summed E-state index contributed by atoms with van der Waals surface area (Å²) < 4.78 is 33.1. The molecule has 1 saturated heterocycles. The molecule has 35 heavy (non-hydrogen) atoms. The molecule has 0 aromatic heterocycles. The minimum absolute atomic E-state index is 0.103. The van der Waals surface area contributed by atoms with Gasteiger partial charge in [-0.2, -0.15) is 0 Å². The first kappa shape index (κ1) is 24.6. The largest absolute Gasteiger partial charge is 0.480 e. The van der Waals surface area contributed by atoms with Crippen LogP contribution in [-0.2, 0) is 14.3 Å². The Kier molecular flexibility index (Phi) is 7.05. The average Bonchev–Trinajstić information content (AvgIpc) is 3.32. The van der Waals surface area contributed by atoms with Crippen molar-refractivity contribution in [2.24, 2.45) is 0 Å². The Bertz CT molecular complexity index is 1080. The van der Waals surface area contributed by atoms with E-state index in [0.717, 1.165) is 22.3 Å². The molecule has 0 spiro atoms. The maximum atomic E-state index is 13.8. The van der Waals surface area contributed by atoms with Gasteiger partial charge in [-0.25, -0.2) is 18.4 Å². The van der Waals surface area contributed by atoms with Gasteiger partial charge in [0.25, 0.3) is 5.92 Å². The predicted octanol–water partition coefficient (Wildman–Crippen LogP) is 4.40. The summed E-state index contributed by atoms with van der Waals surface area (Å²) >= 11 is 0. The highest BCUT2D eigenvalue weighted by atomic mass is 19.3. The molecular formula is C26H28F2N2O5. The van der Waals surface area contributed by atoms with Crippen LogP contribution in [0.25, 0.3) is 11.1 Å². The molecule has 0 radical (unpaired) electrons. The average molecular weight is 487 g/mol. The number of aliphatic carboxylic acids is 1. The fourth-order valence-corrected chi connectivity index (χ4v) is 5.01. The van der Waals surface area contributed by atoms with E-state index < -0.39 is 48.9 Å². The zero-order valence-corrected chi connectivity index (χ0v) is 19.4. The van der Waals surface area contributed by atoms with Gasteiger partial charge in [0, 0.05) is 24.8 Å². The molecule has 1 aliphatic carbocycles. The van der Waals surface area contributed by atoms with Crippen LogP contribution in [0.1, 0.15) is 49.7 Å². The third-order valence-electron chi connectivity index (χ3n) is 6.60. The van der Waals surface area contributed by atoms with Crippen LogP contribution in [0.4, 0.5) is 13.6 Å².